The molecule has 0 spiro atoms. The van der Waals surface area contributed by atoms with Gasteiger partial charge in [-0.05, 0) is 38.1 Å². The lowest BCUT2D eigenvalue weighted by molar-refractivity contribution is -0.119. The third kappa shape index (κ3) is 2.84. The Labute approximate surface area is 134 Å². The summed E-state index contributed by atoms with van der Waals surface area (Å²) in [5.41, 5.74) is 1.75. The Morgan fingerprint density at radius 3 is 2.70 bits per heavy atom. The number of oxazole rings is 1. The summed E-state index contributed by atoms with van der Waals surface area (Å²) in [6, 6.07) is 5.08. The molecule has 0 radical (unpaired) electrons. The van der Waals surface area contributed by atoms with E-state index in [-0.39, 0.29) is 12.8 Å². The lowest BCUT2D eigenvalue weighted by atomic mass is 9.95. The molecule has 1 saturated heterocycles. The number of amides is 1. The van der Waals surface area contributed by atoms with Crippen LogP contribution < -0.4 is 10.6 Å². The second kappa shape index (κ2) is 5.61. The van der Waals surface area contributed by atoms with Gasteiger partial charge >= 0.3 is 0 Å². The standard InChI is InChI=1S/C15H19N3O4S/c1-10-17-12-4-3-11(9-13(12)22-10)18-14(19)15(23(2,20)21)5-7-16-8-6-15/h3-4,9,16H,5-8H2,1-2H3,(H,18,19). The Kier molecular flexibility index (Phi) is 3.89. The molecule has 0 bridgehead atoms. The van der Waals surface area contributed by atoms with E-state index in [1.54, 1.807) is 25.1 Å². The largest absolute Gasteiger partial charge is 0.441 e. The molecule has 3 rings (SSSR count). The average molecular weight is 337 g/mol. The smallest absolute Gasteiger partial charge is 0.245 e. The van der Waals surface area contributed by atoms with Gasteiger partial charge in [-0.3, -0.25) is 4.79 Å². The van der Waals surface area contributed by atoms with Crippen molar-refractivity contribution in [3.63, 3.8) is 0 Å². The first kappa shape index (κ1) is 15.9. The molecule has 2 heterocycles. The molecule has 2 N–H and O–H groups in total. The van der Waals surface area contributed by atoms with Gasteiger partial charge in [0.05, 0.1) is 0 Å². The lowest BCUT2D eigenvalue weighted by Crippen LogP contribution is -2.55. The van der Waals surface area contributed by atoms with Gasteiger partial charge in [0.2, 0.25) is 5.91 Å². The topological polar surface area (TPSA) is 101 Å². The van der Waals surface area contributed by atoms with Crippen LogP contribution in [0.4, 0.5) is 5.69 Å². The molecule has 23 heavy (non-hydrogen) atoms. The number of rotatable bonds is 3. The molecule has 2 aromatic rings. The van der Waals surface area contributed by atoms with E-state index in [4.69, 9.17) is 4.42 Å². The second-order valence-electron chi connectivity index (χ2n) is 5.89. The van der Waals surface area contributed by atoms with E-state index in [0.29, 0.717) is 35.8 Å². The highest BCUT2D eigenvalue weighted by Gasteiger charge is 2.48. The minimum atomic E-state index is -3.53. The number of carbonyl (C=O) groups excluding carboxylic acids is 1. The number of hydrogen-bond acceptors (Lipinski definition) is 6. The van der Waals surface area contributed by atoms with E-state index >= 15 is 0 Å². The number of nitrogens with one attached hydrogen (secondary N) is 2. The summed E-state index contributed by atoms with van der Waals surface area (Å²) in [5, 5.41) is 5.82. The van der Waals surface area contributed by atoms with Gasteiger partial charge in [0.1, 0.15) is 5.52 Å². The fourth-order valence-electron chi connectivity index (χ4n) is 2.96. The van der Waals surface area contributed by atoms with E-state index < -0.39 is 20.5 Å². The van der Waals surface area contributed by atoms with E-state index in [2.05, 4.69) is 15.6 Å². The van der Waals surface area contributed by atoms with Crippen molar-refractivity contribution in [2.75, 3.05) is 24.7 Å². The van der Waals surface area contributed by atoms with Crippen molar-refractivity contribution in [1.82, 2.24) is 10.3 Å². The molecular formula is C15H19N3O4S. The fraction of sp³-hybridized carbons (Fsp3) is 0.467. The van der Waals surface area contributed by atoms with Gasteiger partial charge in [-0.1, -0.05) is 0 Å². The molecule has 1 aromatic carbocycles. The maximum atomic E-state index is 12.7. The summed E-state index contributed by atoms with van der Waals surface area (Å²) in [6.45, 7) is 2.74. The first-order valence-electron chi connectivity index (χ1n) is 7.41. The monoisotopic (exact) mass is 337 g/mol. The molecule has 7 nitrogen and oxygen atoms in total. The number of hydrogen-bond donors (Lipinski definition) is 2. The van der Waals surface area contributed by atoms with Crippen LogP contribution in [0.15, 0.2) is 22.6 Å². The SMILES string of the molecule is Cc1nc2ccc(NC(=O)C3(S(C)(=O)=O)CCNCC3)cc2o1. The van der Waals surface area contributed by atoms with Crippen molar-refractivity contribution in [1.29, 1.82) is 0 Å². The number of anilines is 1. The average Bonchev–Trinajstić information content (AvgIpc) is 2.86. The molecule has 0 saturated carbocycles. The molecule has 1 fully saturated rings. The van der Waals surface area contributed by atoms with Gasteiger partial charge in [-0.2, -0.15) is 0 Å². The van der Waals surface area contributed by atoms with Crippen LogP contribution in [-0.4, -0.2) is 43.4 Å². The normalized spacial score (nSPS) is 18.0. The maximum absolute atomic E-state index is 12.7. The van der Waals surface area contributed by atoms with Crippen LogP contribution >= 0.6 is 0 Å². The molecule has 1 amide bonds. The number of nitrogens with zero attached hydrogens (tertiary/aromatic N) is 1. The summed E-state index contributed by atoms with van der Waals surface area (Å²) in [7, 11) is -3.53. The number of piperidine rings is 1. The zero-order valence-corrected chi connectivity index (χ0v) is 13.9. The molecule has 8 heteroatoms. The molecule has 0 unspecified atom stereocenters. The Morgan fingerprint density at radius 1 is 1.35 bits per heavy atom. The van der Waals surface area contributed by atoms with Gasteiger partial charge in [0.25, 0.3) is 0 Å². The summed E-state index contributed by atoms with van der Waals surface area (Å²) >= 11 is 0. The Balaban J connectivity index is 1.91. The minimum Gasteiger partial charge on any atom is -0.441 e. The maximum Gasteiger partial charge on any atom is 0.245 e. The highest BCUT2D eigenvalue weighted by atomic mass is 32.2. The van der Waals surface area contributed by atoms with Crippen LogP contribution in [0.25, 0.3) is 11.1 Å². The summed E-state index contributed by atoms with van der Waals surface area (Å²) in [5.74, 6) is 0.0477. The van der Waals surface area contributed by atoms with Crippen LogP contribution in [0.2, 0.25) is 0 Å². The molecule has 124 valence electrons. The van der Waals surface area contributed by atoms with Gasteiger partial charge in [0, 0.05) is 24.9 Å². The van der Waals surface area contributed by atoms with Crippen molar-refractivity contribution in [3.8, 4) is 0 Å². The molecule has 0 aliphatic carbocycles. The number of carbonyl (C=O) groups is 1. The molecule has 1 aromatic heterocycles. The van der Waals surface area contributed by atoms with Gasteiger partial charge in [0.15, 0.2) is 26.1 Å². The molecular weight excluding hydrogens is 318 g/mol. The Bertz CT molecular complexity index is 851. The van der Waals surface area contributed by atoms with Gasteiger partial charge < -0.3 is 15.1 Å². The summed E-state index contributed by atoms with van der Waals surface area (Å²) < 4.78 is 28.5. The number of aryl methyl sites for hydroxylation is 1. The lowest BCUT2D eigenvalue weighted by Gasteiger charge is -2.34. The molecule has 1 aliphatic rings. The number of benzene rings is 1. The number of sulfone groups is 1. The summed E-state index contributed by atoms with van der Waals surface area (Å²) in [4.78, 5) is 16.9. The predicted molar refractivity (Wildman–Crippen MR) is 87.1 cm³/mol. The third-order valence-electron chi connectivity index (χ3n) is 4.29. The van der Waals surface area contributed by atoms with Crippen LogP contribution in [0, 0.1) is 6.92 Å². The number of fused-ring (bicyclic) bond motifs is 1. The first-order valence-corrected chi connectivity index (χ1v) is 9.30. The van der Waals surface area contributed by atoms with Crippen molar-refractivity contribution < 1.29 is 17.6 Å². The minimum absolute atomic E-state index is 0.265. The summed E-state index contributed by atoms with van der Waals surface area (Å²) in [6.07, 6.45) is 1.66. The second-order valence-corrected chi connectivity index (χ2v) is 8.21. The molecule has 0 atom stereocenters. The van der Waals surface area contributed by atoms with Crippen LogP contribution in [0.5, 0.6) is 0 Å². The van der Waals surface area contributed by atoms with Crippen molar-refractivity contribution in [3.05, 3.63) is 24.1 Å². The Morgan fingerprint density at radius 2 is 2.04 bits per heavy atom. The van der Waals surface area contributed by atoms with E-state index in [1.807, 2.05) is 0 Å². The zero-order chi connectivity index (χ0) is 16.7. The van der Waals surface area contributed by atoms with Gasteiger partial charge in [-0.15, -0.1) is 0 Å². The van der Waals surface area contributed by atoms with Crippen LogP contribution in [0.1, 0.15) is 18.7 Å². The van der Waals surface area contributed by atoms with E-state index in [0.717, 1.165) is 6.26 Å². The van der Waals surface area contributed by atoms with Crippen molar-refractivity contribution in [2.45, 2.75) is 24.5 Å². The predicted octanol–water partition coefficient (Wildman–Crippen LogP) is 1.24. The zero-order valence-electron chi connectivity index (χ0n) is 13.0. The highest BCUT2D eigenvalue weighted by Crippen LogP contribution is 2.30. The quantitative estimate of drug-likeness (QED) is 0.874. The van der Waals surface area contributed by atoms with Crippen molar-refractivity contribution >= 4 is 32.5 Å². The van der Waals surface area contributed by atoms with E-state index in [1.165, 1.54) is 0 Å². The molecule has 1 aliphatic heterocycles. The first-order chi connectivity index (χ1) is 10.8. The van der Waals surface area contributed by atoms with E-state index in [9.17, 15) is 13.2 Å². The van der Waals surface area contributed by atoms with Gasteiger partial charge in [-0.25, -0.2) is 13.4 Å². The fourth-order valence-corrected chi connectivity index (χ4v) is 4.29. The van der Waals surface area contributed by atoms with Crippen LogP contribution in [-0.2, 0) is 14.6 Å². The van der Waals surface area contributed by atoms with Crippen molar-refractivity contribution in [2.24, 2.45) is 0 Å². The number of aromatic nitrogens is 1. The highest BCUT2D eigenvalue weighted by molar-refractivity contribution is 7.92. The Hall–Kier alpha value is -1.93. The third-order valence-corrected chi connectivity index (χ3v) is 6.30. The van der Waals surface area contributed by atoms with Crippen LogP contribution in [0.3, 0.4) is 0 Å².